The molecule has 0 unspecified atom stereocenters. The molecule has 1 N–H and O–H groups in total. The molecule has 1 rings (SSSR count). The van der Waals surface area contributed by atoms with Gasteiger partial charge in [0.05, 0.1) is 6.61 Å². The van der Waals surface area contributed by atoms with E-state index in [2.05, 4.69) is 44.3 Å². The van der Waals surface area contributed by atoms with Gasteiger partial charge in [0.15, 0.2) is 0 Å². The topological polar surface area (TPSA) is 21.3 Å². The number of unbranched alkanes of at least 4 members (excludes halogenated alkanes) is 9. The van der Waals surface area contributed by atoms with Crippen molar-refractivity contribution < 1.29 is 4.74 Å². The second kappa shape index (κ2) is 13.2. The van der Waals surface area contributed by atoms with Crippen LogP contribution in [0.2, 0.25) is 0 Å². The molecule has 0 atom stereocenters. The molecular weight excluding hydrogens is 314 g/mol. The van der Waals surface area contributed by atoms with Gasteiger partial charge in [-0.05, 0) is 55.7 Å². The molecule has 0 radical (unpaired) electrons. The summed E-state index contributed by atoms with van der Waals surface area (Å²) in [6, 6.07) is 6.32. The van der Waals surface area contributed by atoms with Gasteiger partial charge >= 0.3 is 0 Å². The van der Waals surface area contributed by atoms with Gasteiger partial charge in [-0.25, -0.2) is 0 Å². The average Bonchev–Trinajstić information content (AvgIpc) is 2.51. The first kappa shape index (κ1) is 21.0. The Bertz CT molecular complexity index is 453. The lowest BCUT2D eigenvalue weighted by Gasteiger charge is -2.11. The highest BCUT2D eigenvalue weighted by molar-refractivity contribution is 7.80. The molecule has 136 valence electrons. The molecular formula is C21H35NOS. The fourth-order valence-corrected chi connectivity index (χ4v) is 3.16. The van der Waals surface area contributed by atoms with E-state index in [0.717, 1.165) is 12.1 Å². The Morgan fingerprint density at radius 2 is 1.33 bits per heavy atom. The van der Waals surface area contributed by atoms with Crippen LogP contribution >= 0.6 is 12.2 Å². The number of rotatable bonds is 12. The molecule has 2 nitrogen and oxygen atoms in total. The smallest absolute Gasteiger partial charge is 0.261 e. The largest absolute Gasteiger partial charge is 0.471 e. The van der Waals surface area contributed by atoms with Crippen molar-refractivity contribution in [2.75, 3.05) is 11.9 Å². The van der Waals surface area contributed by atoms with Crippen LogP contribution in [0, 0.1) is 13.8 Å². The minimum absolute atomic E-state index is 0.482. The van der Waals surface area contributed by atoms with Gasteiger partial charge in [-0.15, -0.1) is 0 Å². The van der Waals surface area contributed by atoms with E-state index in [4.69, 9.17) is 17.0 Å². The highest BCUT2D eigenvalue weighted by atomic mass is 32.1. The molecule has 0 saturated carbocycles. The molecule has 0 aromatic heterocycles. The van der Waals surface area contributed by atoms with Crippen LogP contribution in [-0.2, 0) is 4.74 Å². The van der Waals surface area contributed by atoms with Crippen LogP contribution in [0.25, 0.3) is 0 Å². The number of thiocarbonyl (C=S) groups is 1. The van der Waals surface area contributed by atoms with Crippen molar-refractivity contribution in [2.45, 2.75) is 85.0 Å². The molecule has 0 amide bonds. The van der Waals surface area contributed by atoms with E-state index in [1.54, 1.807) is 0 Å². The second-order valence-corrected chi connectivity index (χ2v) is 7.19. The van der Waals surface area contributed by atoms with Crippen molar-refractivity contribution in [1.82, 2.24) is 0 Å². The summed E-state index contributed by atoms with van der Waals surface area (Å²) in [5.74, 6) is 0. The summed E-state index contributed by atoms with van der Waals surface area (Å²) in [6.07, 6.45) is 13.3. The molecule has 24 heavy (non-hydrogen) atoms. The highest BCUT2D eigenvalue weighted by Gasteiger charge is 2.01. The third-order valence-corrected chi connectivity index (χ3v) is 4.42. The van der Waals surface area contributed by atoms with Gasteiger partial charge < -0.3 is 10.1 Å². The van der Waals surface area contributed by atoms with E-state index in [-0.39, 0.29) is 0 Å². The SMILES string of the molecule is CCCCCCCCCCCCOC(=S)Nc1cc(C)cc(C)c1. The summed E-state index contributed by atoms with van der Waals surface area (Å²) >= 11 is 5.26. The van der Waals surface area contributed by atoms with Gasteiger partial charge in [0.2, 0.25) is 0 Å². The number of nitrogens with one attached hydrogen (secondary N) is 1. The Kier molecular flexibility index (Phi) is 11.5. The van der Waals surface area contributed by atoms with Crippen LogP contribution in [0.3, 0.4) is 0 Å². The maximum Gasteiger partial charge on any atom is 0.261 e. The van der Waals surface area contributed by atoms with E-state index in [1.807, 2.05) is 0 Å². The summed E-state index contributed by atoms with van der Waals surface area (Å²) in [4.78, 5) is 0. The van der Waals surface area contributed by atoms with Crippen LogP contribution < -0.4 is 5.32 Å². The predicted octanol–water partition coefficient (Wildman–Crippen LogP) is 6.94. The Balaban J connectivity index is 1.98. The van der Waals surface area contributed by atoms with Crippen molar-refractivity contribution >= 4 is 23.1 Å². The van der Waals surface area contributed by atoms with Crippen molar-refractivity contribution in [1.29, 1.82) is 0 Å². The first-order valence-electron chi connectivity index (χ1n) is 9.64. The lowest BCUT2D eigenvalue weighted by Crippen LogP contribution is -2.14. The Morgan fingerprint density at radius 1 is 0.833 bits per heavy atom. The molecule has 0 fully saturated rings. The van der Waals surface area contributed by atoms with Gasteiger partial charge in [0, 0.05) is 5.69 Å². The van der Waals surface area contributed by atoms with Crippen molar-refractivity contribution in [3.63, 3.8) is 0 Å². The van der Waals surface area contributed by atoms with Crippen LogP contribution in [0.4, 0.5) is 5.69 Å². The van der Waals surface area contributed by atoms with Crippen LogP contribution in [0.1, 0.15) is 82.3 Å². The minimum atomic E-state index is 0.482. The summed E-state index contributed by atoms with van der Waals surface area (Å²) in [6.45, 7) is 7.16. The number of aryl methyl sites for hydroxylation is 2. The molecule has 1 aromatic carbocycles. The molecule has 0 saturated heterocycles. The number of anilines is 1. The summed E-state index contributed by atoms with van der Waals surface area (Å²) < 4.78 is 5.62. The van der Waals surface area contributed by atoms with E-state index < -0.39 is 0 Å². The molecule has 1 aromatic rings. The molecule has 0 heterocycles. The molecule has 3 heteroatoms. The van der Waals surface area contributed by atoms with Gasteiger partial charge in [0.1, 0.15) is 0 Å². The quantitative estimate of drug-likeness (QED) is 0.326. The highest BCUT2D eigenvalue weighted by Crippen LogP contribution is 2.14. The molecule has 0 aliphatic heterocycles. The zero-order chi connectivity index (χ0) is 17.6. The average molecular weight is 350 g/mol. The number of benzene rings is 1. The fraction of sp³-hybridized carbons (Fsp3) is 0.667. The Morgan fingerprint density at radius 3 is 1.88 bits per heavy atom. The lowest BCUT2D eigenvalue weighted by atomic mass is 10.1. The zero-order valence-electron chi connectivity index (χ0n) is 15.8. The van der Waals surface area contributed by atoms with Crippen molar-refractivity contribution in [2.24, 2.45) is 0 Å². The van der Waals surface area contributed by atoms with E-state index >= 15 is 0 Å². The predicted molar refractivity (Wildman–Crippen MR) is 110 cm³/mol. The monoisotopic (exact) mass is 349 g/mol. The Hall–Kier alpha value is -1.09. The molecule has 0 aliphatic carbocycles. The van der Waals surface area contributed by atoms with Gasteiger partial charge in [0.25, 0.3) is 5.17 Å². The van der Waals surface area contributed by atoms with E-state index in [1.165, 1.54) is 68.9 Å². The standard InChI is InChI=1S/C21H35NOS/c1-4-5-6-7-8-9-10-11-12-13-14-23-21(24)22-20-16-18(2)15-19(3)17-20/h15-17H,4-14H2,1-3H3,(H,22,24). The zero-order valence-corrected chi connectivity index (χ0v) is 16.6. The normalized spacial score (nSPS) is 10.6. The first-order valence-corrected chi connectivity index (χ1v) is 10.0. The van der Waals surface area contributed by atoms with Crippen molar-refractivity contribution in [3.05, 3.63) is 29.3 Å². The first-order chi connectivity index (χ1) is 11.6. The second-order valence-electron chi connectivity index (χ2n) is 6.82. The summed E-state index contributed by atoms with van der Waals surface area (Å²) in [7, 11) is 0. The maximum atomic E-state index is 5.62. The van der Waals surface area contributed by atoms with Gasteiger partial charge in [-0.2, -0.15) is 0 Å². The molecule has 0 spiro atoms. The van der Waals surface area contributed by atoms with E-state index in [0.29, 0.717) is 11.8 Å². The number of ether oxygens (including phenoxy) is 1. The third kappa shape index (κ3) is 10.6. The molecule has 0 aliphatic rings. The molecule has 0 bridgehead atoms. The Labute approximate surface area is 154 Å². The number of hydrogen-bond donors (Lipinski definition) is 1. The minimum Gasteiger partial charge on any atom is -0.471 e. The lowest BCUT2D eigenvalue weighted by molar-refractivity contribution is 0.298. The van der Waals surface area contributed by atoms with Gasteiger partial charge in [-0.1, -0.05) is 70.8 Å². The fourth-order valence-electron chi connectivity index (χ4n) is 2.96. The van der Waals surface area contributed by atoms with Crippen molar-refractivity contribution in [3.8, 4) is 0 Å². The third-order valence-electron chi connectivity index (χ3n) is 4.20. The van der Waals surface area contributed by atoms with Gasteiger partial charge in [-0.3, -0.25) is 0 Å². The maximum absolute atomic E-state index is 5.62. The number of hydrogen-bond acceptors (Lipinski definition) is 2. The summed E-state index contributed by atoms with van der Waals surface area (Å²) in [5.41, 5.74) is 3.48. The van der Waals surface area contributed by atoms with Crippen LogP contribution in [0.15, 0.2) is 18.2 Å². The van der Waals surface area contributed by atoms with E-state index in [9.17, 15) is 0 Å². The summed E-state index contributed by atoms with van der Waals surface area (Å²) in [5, 5.41) is 3.65. The van der Waals surface area contributed by atoms with Crippen LogP contribution in [-0.4, -0.2) is 11.8 Å². The van der Waals surface area contributed by atoms with Crippen LogP contribution in [0.5, 0.6) is 0 Å².